The van der Waals surface area contributed by atoms with Gasteiger partial charge >= 0.3 is 5.97 Å². The predicted octanol–water partition coefficient (Wildman–Crippen LogP) is 4.43. The molecule has 6 heteroatoms. The summed E-state index contributed by atoms with van der Waals surface area (Å²) in [5, 5.41) is 2.84. The van der Waals surface area contributed by atoms with Crippen molar-refractivity contribution >= 4 is 17.6 Å². The number of rotatable bonds is 10. The molecule has 152 valence electrons. The summed E-state index contributed by atoms with van der Waals surface area (Å²) in [6, 6.07) is 4.98. The molecule has 0 fully saturated rings. The Morgan fingerprint density at radius 1 is 1.19 bits per heavy atom. The van der Waals surface area contributed by atoms with E-state index < -0.39 is 11.6 Å². The fraction of sp³-hybridized carbons (Fsp3) is 0.619. The third-order valence-electron chi connectivity index (χ3n) is 4.36. The number of carbonyl (C=O) groups excluding carboxylic acids is 2. The van der Waals surface area contributed by atoms with E-state index in [1.165, 1.54) is 7.11 Å². The zero-order valence-corrected chi connectivity index (χ0v) is 17.5. The first-order valence-corrected chi connectivity index (χ1v) is 9.51. The largest absolute Gasteiger partial charge is 0.490 e. The van der Waals surface area contributed by atoms with E-state index in [4.69, 9.17) is 14.2 Å². The van der Waals surface area contributed by atoms with E-state index in [2.05, 4.69) is 5.32 Å². The fourth-order valence-electron chi connectivity index (χ4n) is 2.69. The van der Waals surface area contributed by atoms with Crippen LogP contribution in [0.15, 0.2) is 18.2 Å². The zero-order chi connectivity index (χ0) is 20.6. The molecule has 0 spiro atoms. The van der Waals surface area contributed by atoms with Gasteiger partial charge in [0.25, 0.3) is 5.91 Å². The standard InChI is InChI=1S/C21H33NO5/c1-8-15(5)27-18-11-10-16(12-17(18)19(23)26-9-2)22-20(24)21(6,25-7)13-14(3)4/h10-12,14-15H,8-9,13H2,1-7H3,(H,22,24)/t15-,21-/m0/s1. The molecule has 0 aliphatic carbocycles. The highest BCUT2D eigenvalue weighted by Gasteiger charge is 2.34. The van der Waals surface area contributed by atoms with Crippen LogP contribution in [0, 0.1) is 5.92 Å². The smallest absolute Gasteiger partial charge is 0.341 e. The molecule has 1 aromatic carbocycles. The predicted molar refractivity (Wildman–Crippen MR) is 106 cm³/mol. The second-order valence-electron chi connectivity index (χ2n) is 7.26. The van der Waals surface area contributed by atoms with Crippen molar-refractivity contribution in [3.63, 3.8) is 0 Å². The molecule has 0 aromatic heterocycles. The Kier molecular flexibility index (Phi) is 8.76. The van der Waals surface area contributed by atoms with E-state index in [9.17, 15) is 9.59 Å². The molecule has 6 nitrogen and oxygen atoms in total. The van der Waals surface area contributed by atoms with Crippen LogP contribution in [0.3, 0.4) is 0 Å². The summed E-state index contributed by atoms with van der Waals surface area (Å²) in [4.78, 5) is 25.1. The lowest BCUT2D eigenvalue weighted by atomic mass is 9.93. The summed E-state index contributed by atoms with van der Waals surface area (Å²) < 4.78 is 16.4. The van der Waals surface area contributed by atoms with Gasteiger partial charge < -0.3 is 19.5 Å². The Morgan fingerprint density at radius 2 is 1.85 bits per heavy atom. The van der Waals surface area contributed by atoms with Crippen molar-refractivity contribution in [2.75, 3.05) is 19.0 Å². The molecule has 27 heavy (non-hydrogen) atoms. The zero-order valence-electron chi connectivity index (χ0n) is 17.5. The third-order valence-corrected chi connectivity index (χ3v) is 4.36. The van der Waals surface area contributed by atoms with Gasteiger partial charge in [-0.1, -0.05) is 20.8 Å². The van der Waals surface area contributed by atoms with Crippen molar-refractivity contribution < 1.29 is 23.8 Å². The van der Waals surface area contributed by atoms with Crippen LogP contribution in [0.25, 0.3) is 0 Å². The second-order valence-corrected chi connectivity index (χ2v) is 7.26. The maximum atomic E-state index is 12.7. The van der Waals surface area contributed by atoms with Crippen LogP contribution in [0.2, 0.25) is 0 Å². The first kappa shape index (κ1) is 23.0. The Labute approximate surface area is 162 Å². The van der Waals surface area contributed by atoms with Gasteiger partial charge in [0.2, 0.25) is 0 Å². The van der Waals surface area contributed by atoms with Crippen molar-refractivity contribution in [3.8, 4) is 5.75 Å². The second kappa shape index (κ2) is 10.3. The number of carbonyl (C=O) groups is 2. The van der Waals surface area contributed by atoms with Gasteiger partial charge in [0.15, 0.2) is 0 Å². The summed E-state index contributed by atoms with van der Waals surface area (Å²) in [5.74, 6) is -0.00716. The Balaban J connectivity index is 3.13. The van der Waals surface area contributed by atoms with Gasteiger partial charge in [0, 0.05) is 12.8 Å². The van der Waals surface area contributed by atoms with Crippen LogP contribution in [-0.4, -0.2) is 37.3 Å². The van der Waals surface area contributed by atoms with Gasteiger partial charge in [-0.25, -0.2) is 4.79 Å². The number of esters is 1. The van der Waals surface area contributed by atoms with Crippen molar-refractivity contribution in [2.45, 2.75) is 66.1 Å². The minimum atomic E-state index is -0.954. The molecule has 1 N–H and O–H groups in total. The van der Waals surface area contributed by atoms with Crippen molar-refractivity contribution in [2.24, 2.45) is 5.92 Å². The number of anilines is 1. The number of amides is 1. The molecular formula is C21H33NO5. The molecule has 0 bridgehead atoms. The van der Waals surface area contributed by atoms with E-state index in [1.54, 1.807) is 32.0 Å². The van der Waals surface area contributed by atoms with Gasteiger partial charge in [-0.05, 0) is 57.7 Å². The van der Waals surface area contributed by atoms with E-state index in [0.717, 1.165) is 6.42 Å². The number of hydrogen-bond donors (Lipinski definition) is 1. The summed E-state index contributed by atoms with van der Waals surface area (Å²) >= 11 is 0. The number of nitrogens with one attached hydrogen (secondary N) is 1. The number of ether oxygens (including phenoxy) is 3. The molecule has 0 saturated carbocycles. The first-order chi connectivity index (χ1) is 12.7. The third kappa shape index (κ3) is 6.54. The minimum Gasteiger partial charge on any atom is -0.490 e. The number of hydrogen-bond acceptors (Lipinski definition) is 5. The van der Waals surface area contributed by atoms with Crippen LogP contribution < -0.4 is 10.1 Å². The lowest BCUT2D eigenvalue weighted by Crippen LogP contribution is -2.43. The molecule has 0 unspecified atom stereocenters. The van der Waals surface area contributed by atoms with Gasteiger partial charge in [-0.2, -0.15) is 0 Å². The monoisotopic (exact) mass is 379 g/mol. The summed E-state index contributed by atoms with van der Waals surface area (Å²) in [6.07, 6.45) is 1.35. The maximum absolute atomic E-state index is 12.7. The lowest BCUT2D eigenvalue weighted by Gasteiger charge is -2.28. The Morgan fingerprint density at radius 3 is 2.37 bits per heavy atom. The number of benzene rings is 1. The summed E-state index contributed by atoms with van der Waals surface area (Å²) in [5.41, 5.74) is -0.172. The lowest BCUT2D eigenvalue weighted by molar-refractivity contribution is -0.137. The normalized spacial score (nSPS) is 14.4. The van der Waals surface area contributed by atoms with E-state index in [-0.39, 0.29) is 24.2 Å². The molecule has 0 saturated heterocycles. The highest BCUT2D eigenvalue weighted by molar-refractivity contribution is 5.99. The molecule has 0 radical (unpaired) electrons. The highest BCUT2D eigenvalue weighted by Crippen LogP contribution is 2.27. The summed E-state index contributed by atoms with van der Waals surface area (Å²) in [6.45, 7) is 11.8. The SMILES string of the molecule is CCOC(=O)c1cc(NC(=O)[C@](C)(CC(C)C)OC)ccc1O[C@@H](C)CC. The molecule has 2 atom stereocenters. The molecule has 0 heterocycles. The molecule has 1 aromatic rings. The van der Waals surface area contributed by atoms with E-state index in [0.29, 0.717) is 23.8 Å². The topological polar surface area (TPSA) is 73.9 Å². The van der Waals surface area contributed by atoms with Crippen LogP contribution in [0.5, 0.6) is 5.75 Å². The van der Waals surface area contributed by atoms with E-state index >= 15 is 0 Å². The van der Waals surface area contributed by atoms with Crippen molar-refractivity contribution in [1.82, 2.24) is 0 Å². The number of methoxy groups -OCH3 is 1. The molecule has 0 aliphatic heterocycles. The van der Waals surface area contributed by atoms with Crippen LogP contribution >= 0.6 is 0 Å². The maximum Gasteiger partial charge on any atom is 0.341 e. The van der Waals surface area contributed by atoms with Crippen molar-refractivity contribution in [3.05, 3.63) is 23.8 Å². The van der Waals surface area contributed by atoms with Gasteiger partial charge in [-0.15, -0.1) is 0 Å². The minimum absolute atomic E-state index is 0.0403. The Bertz CT molecular complexity index is 643. The van der Waals surface area contributed by atoms with E-state index in [1.807, 2.05) is 27.7 Å². The molecular weight excluding hydrogens is 346 g/mol. The van der Waals surface area contributed by atoms with Gasteiger partial charge in [0.05, 0.1) is 12.7 Å². The first-order valence-electron chi connectivity index (χ1n) is 9.51. The fourth-order valence-corrected chi connectivity index (χ4v) is 2.69. The molecule has 1 amide bonds. The quantitative estimate of drug-likeness (QED) is 0.609. The highest BCUT2D eigenvalue weighted by atomic mass is 16.5. The van der Waals surface area contributed by atoms with Gasteiger partial charge in [-0.3, -0.25) is 4.79 Å². The summed E-state index contributed by atoms with van der Waals surface area (Å²) in [7, 11) is 1.52. The Hall–Kier alpha value is -2.08. The van der Waals surface area contributed by atoms with Crippen molar-refractivity contribution in [1.29, 1.82) is 0 Å². The molecule has 0 aliphatic rings. The van der Waals surface area contributed by atoms with Crippen LogP contribution in [0.1, 0.15) is 64.7 Å². The average molecular weight is 379 g/mol. The van der Waals surface area contributed by atoms with Crippen LogP contribution in [0.4, 0.5) is 5.69 Å². The van der Waals surface area contributed by atoms with Gasteiger partial charge in [0.1, 0.15) is 16.9 Å². The van der Waals surface area contributed by atoms with Crippen LogP contribution in [-0.2, 0) is 14.3 Å². The molecule has 1 rings (SSSR count). The average Bonchev–Trinajstić information content (AvgIpc) is 2.62.